The largest absolute Gasteiger partial charge is 0.486 e. The zero-order valence-corrected chi connectivity index (χ0v) is 15.0. The summed E-state index contributed by atoms with van der Waals surface area (Å²) in [5.74, 6) is -0.827. The van der Waals surface area contributed by atoms with Gasteiger partial charge in [0.25, 0.3) is 0 Å². The molecule has 1 saturated heterocycles. The third kappa shape index (κ3) is 5.06. The number of amides is 1. The minimum absolute atomic E-state index is 0.120. The number of rotatable bonds is 6. The normalized spacial score (nSPS) is 19.6. The smallest absolute Gasteiger partial charge is 0.335 e. The number of ether oxygens (including phenoxy) is 1. The molecule has 7 heteroatoms. The highest BCUT2D eigenvalue weighted by atomic mass is 16.5. The Labute approximate surface area is 157 Å². The first-order chi connectivity index (χ1) is 12.9. The Bertz CT molecular complexity index is 821. The number of nitrogens with zero attached hydrogens (tertiary/aromatic N) is 1. The SMILES string of the molecule is Cc1ccc(NC(=O)CN2C[C@@H](O)[C@H](Oc3cccc(C(=O)O)c3)C2)cc1. The van der Waals surface area contributed by atoms with Crippen molar-refractivity contribution in [3.63, 3.8) is 0 Å². The van der Waals surface area contributed by atoms with Crippen LogP contribution in [0, 0.1) is 6.92 Å². The zero-order chi connectivity index (χ0) is 19.4. The van der Waals surface area contributed by atoms with Crippen LogP contribution in [0.3, 0.4) is 0 Å². The lowest BCUT2D eigenvalue weighted by molar-refractivity contribution is -0.117. The van der Waals surface area contributed by atoms with Crippen molar-refractivity contribution in [2.45, 2.75) is 19.1 Å². The van der Waals surface area contributed by atoms with Gasteiger partial charge in [0.1, 0.15) is 18.0 Å². The molecular weight excluding hydrogens is 348 g/mol. The van der Waals surface area contributed by atoms with Gasteiger partial charge in [0.05, 0.1) is 12.1 Å². The molecular formula is C20H22N2O5. The fourth-order valence-electron chi connectivity index (χ4n) is 3.00. The van der Waals surface area contributed by atoms with Gasteiger partial charge < -0.3 is 20.3 Å². The molecule has 0 bridgehead atoms. The number of carboxylic acids is 1. The molecule has 3 rings (SSSR count). The summed E-state index contributed by atoms with van der Waals surface area (Å²) in [5, 5.41) is 22.1. The lowest BCUT2D eigenvalue weighted by atomic mass is 10.2. The van der Waals surface area contributed by atoms with Crippen molar-refractivity contribution in [2.24, 2.45) is 0 Å². The molecule has 7 nitrogen and oxygen atoms in total. The molecule has 0 saturated carbocycles. The number of hydrogen-bond acceptors (Lipinski definition) is 5. The monoisotopic (exact) mass is 370 g/mol. The number of aromatic carboxylic acids is 1. The van der Waals surface area contributed by atoms with Crippen LogP contribution in [0.1, 0.15) is 15.9 Å². The molecule has 0 aromatic heterocycles. The van der Waals surface area contributed by atoms with Crippen molar-refractivity contribution >= 4 is 17.6 Å². The number of carbonyl (C=O) groups is 2. The van der Waals surface area contributed by atoms with Gasteiger partial charge in [-0.25, -0.2) is 4.79 Å². The lowest BCUT2D eigenvalue weighted by Crippen LogP contribution is -2.33. The highest BCUT2D eigenvalue weighted by Crippen LogP contribution is 2.20. The van der Waals surface area contributed by atoms with Crippen molar-refractivity contribution in [1.29, 1.82) is 0 Å². The van der Waals surface area contributed by atoms with Crippen LogP contribution in [0.25, 0.3) is 0 Å². The predicted octanol–water partition coefficient (Wildman–Crippen LogP) is 1.76. The summed E-state index contributed by atoms with van der Waals surface area (Å²) in [5.41, 5.74) is 1.96. The second kappa shape index (κ2) is 8.20. The second-order valence-electron chi connectivity index (χ2n) is 6.66. The zero-order valence-electron chi connectivity index (χ0n) is 15.0. The molecule has 2 aromatic carbocycles. The summed E-state index contributed by atoms with van der Waals surface area (Å²) in [6.07, 6.45) is -1.29. The molecule has 3 N–H and O–H groups in total. The van der Waals surface area contributed by atoms with Crippen molar-refractivity contribution in [3.05, 3.63) is 59.7 Å². The number of anilines is 1. The van der Waals surface area contributed by atoms with E-state index in [1.54, 1.807) is 17.0 Å². The first-order valence-electron chi connectivity index (χ1n) is 8.67. The van der Waals surface area contributed by atoms with E-state index in [0.29, 0.717) is 18.8 Å². The van der Waals surface area contributed by atoms with Gasteiger partial charge in [0.15, 0.2) is 0 Å². The average molecular weight is 370 g/mol. The van der Waals surface area contributed by atoms with E-state index in [9.17, 15) is 14.7 Å². The maximum atomic E-state index is 12.2. The highest BCUT2D eigenvalue weighted by molar-refractivity contribution is 5.92. The Balaban J connectivity index is 1.54. The number of aliphatic hydroxyl groups is 1. The Kier molecular flexibility index (Phi) is 5.73. The van der Waals surface area contributed by atoms with E-state index in [4.69, 9.17) is 9.84 Å². The molecule has 0 radical (unpaired) electrons. The third-order valence-corrected chi connectivity index (χ3v) is 4.38. The molecule has 2 aromatic rings. The molecule has 2 atom stereocenters. The second-order valence-corrected chi connectivity index (χ2v) is 6.66. The van der Waals surface area contributed by atoms with Crippen LogP contribution in [0.4, 0.5) is 5.69 Å². The van der Waals surface area contributed by atoms with Gasteiger partial charge >= 0.3 is 5.97 Å². The summed E-state index contributed by atoms with van der Waals surface area (Å²) in [4.78, 5) is 25.0. The Morgan fingerprint density at radius 3 is 2.63 bits per heavy atom. The number of nitrogens with one attached hydrogen (secondary N) is 1. The first kappa shape index (κ1) is 18.9. The summed E-state index contributed by atoms with van der Waals surface area (Å²) in [6.45, 7) is 2.80. The third-order valence-electron chi connectivity index (χ3n) is 4.38. The van der Waals surface area contributed by atoms with Gasteiger partial charge in [-0.2, -0.15) is 0 Å². The number of carboxylic acid groups (broad SMARTS) is 1. The number of hydrogen-bond donors (Lipinski definition) is 3. The van der Waals surface area contributed by atoms with Gasteiger partial charge in [-0.1, -0.05) is 23.8 Å². The van der Waals surface area contributed by atoms with Crippen LogP contribution in [0.15, 0.2) is 48.5 Å². The molecule has 0 aliphatic carbocycles. The van der Waals surface area contributed by atoms with Crippen molar-refractivity contribution < 1.29 is 24.5 Å². The van der Waals surface area contributed by atoms with E-state index in [1.165, 1.54) is 12.1 Å². The minimum Gasteiger partial charge on any atom is -0.486 e. The summed E-state index contributed by atoms with van der Waals surface area (Å²) >= 11 is 0. The van der Waals surface area contributed by atoms with E-state index in [-0.39, 0.29) is 18.0 Å². The average Bonchev–Trinajstić information content (AvgIpc) is 2.96. The van der Waals surface area contributed by atoms with Crippen LogP contribution in [0.2, 0.25) is 0 Å². The first-order valence-corrected chi connectivity index (χ1v) is 8.67. The molecule has 1 aliphatic rings. The maximum Gasteiger partial charge on any atom is 0.335 e. The van der Waals surface area contributed by atoms with E-state index >= 15 is 0 Å². The number of carbonyl (C=O) groups excluding carboxylic acids is 1. The fourth-order valence-corrected chi connectivity index (χ4v) is 3.00. The van der Waals surface area contributed by atoms with Gasteiger partial charge in [0, 0.05) is 18.8 Å². The highest BCUT2D eigenvalue weighted by Gasteiger charge is 2.34. The Morgan fingerprint density at radius 1 is 1.19 bits per heavy atom. The molecule has 142 valence electrons. The van der Waals surface area contributed by atoms with Gasteiger partial charge in [0.2, 0.25) is 5.91 Å². The summed E-state index contributed by atoms with van der Waals surface area (Å²) in [7, 11) is 0. The van der Waals surface area contributed by atoms with Gasteiger partial charge in [-0.05, 0) is 37.3 Å². The molecule has 1 fully saturated rings. The predicted molar refractivity (Wildman–Crippen MR) is 100 cm³/mol. The molecule has 0 spiro atoms. The number of aliphatic hydroxyl groups excluding tert-OH is 1. The van der Waals surface area contributed by atoms with E-state index < -0.39 is 18.2 Å². The number of aryl methyl sites for hydroxylation is 1. The Hall–Kier alpha value is -2.90. The van der Waals surface area contributed by atoms with Crippen LogP contribution in [-0.2, 0) is 4.79 Å². The number of β-amino-alcohol motifs (C(OH)–C–C–N with tert-alkyl or cyclic N) is 1. The van der Waals surface area contributed by atoms with Gasteiger partial charge in [-0.3, -0.25) is 9.69 Å². The standard InChI is InChI=1S/C20H22N2O5/c1-13-5-7-15(8-6-13)21-19(24)12-22-10-17(23)18(11-22)27-16-4-2-3-14(9-16)20(25)26/h2-9,17-18,23H,10-12H2,1H3,(H,21,24)(H,25,26)/t17-,18-/m1/s1. The lowest BCUT2D eigenvalue weighted by Gasteiger charge is -2.17. The topological polar surface area (TPSA) is 99.1 Å². The molecule has 1 aliphatic heterocycles. The molecule has 1 amide bonds. The van der Waals surface area contributed by atoms with Crippen LogP contribution in [-0.4, -0.2) is 58.8 Å². The molecule has 27 heavy (non-hydrogen) atoms. The number of benzene rings is 2. The van der Waals surface area contributed by atoms with Crippen LogP contribution >= 0.6 is 0 Å². The van der Waals surface area contributed by atoms with E-state index in [0.717, 1.165) is 11.3 Å². The fraction of sp³-hybridized carbons (Fsp3) is 0.300. The van der Waals surface area contributed by atoms with E-state index in [1.807, 2.05) is 31.2 Å². The van der Waals surface area contributed by atoms with E-state index in [2.05, 4.69) is 5.32 Å². The summed E-state index contributed by atoms with van der Waals surface area (Å²) < 4.78 is 5.73. The summed E-state index contributed by atoms with van der Waals surface area (Å²) in [6, 6.07) is 13.7. The molecule has 0 unspecified atom stereocenters. The Morgan fingerprint density at radius 2 is 1.93 bits per heavy atom. The quantitative estimate of drug-likeness (QED) is 0.717. The van der Waals surface area contributed by atoms with Crippen LogP contribution < -0.4 is 10.1 Å². The van der Waals surface area contributed by atoms with Crippen molar-refractivity contribution in [1.82, 2.24) is 4.90 Å². The van der Waals surface area contributed by atoms with Crippen LogP contribution in [0.5, 0.6) is 5.75 Å². The van der Waals surface area contributed by atoms with Gasteiger partial charge in [-0.15, -0.1) is 0 Å². The van der Waals surface area contributed by atoms with Crippen molar-refractivity contribution in [3.8, 4) is 5.75 Å². The maximum absolute atomic E-state index is 12.2. The minimum atomic E-state index is -1.04. The molecule has 1 heterocycles. The van der Waals surface area contributed by atoms with Crippen molar-refractivity contribution in [2.75, 3.05) is 25.0 Å². The number of likely N-dealkylation sites (tertiary alicyclic amines) is 1.